The molecule has 1 amide bonds. The number of carbonyl (C=O) groups is 1. The summed E-state index contributed by atoms with van der Waals surface area (Å²) in [4.78, 5) is 15.0. The highest BCUT2D eigenvalue weighted by Crippen LogP contribution is 2.24. The zero-order valence-electron chi connectivity index (χ0n) is 16.6. The first kappa shape index (κ1) is 21.7. The van der Waals surface area contributed by atoms with Gasteiger partial charge in [0.15, 0.2) is 0 Å². The molecule has 8 heteroatoms. The van der Waals surface area contributed by atoms with Gasteiger partial charge in [-0.1, -0.05) is 36.4 Å². The third kappa shape index (κ3) is 5.12. The quantitative estimate of drug-likeness (QED) is 0.691. The molecule has 0 saturated carbocycles. The first-order chi connectivity index (χ1) is 14.0. The van der Waals surface area contributed by atoms with E-state index in [1.54, 1.807) is 34.9 Å². The van der Waals surface area contributed by atoms with Crippen molar-refractivity contribution in [1.29, 1.82) is 0 Å². The second-order valence-electron chi connectivity index (χ2n) is 6.88. The van der Waals surface area contributed by atoms with Gasteiger partial charge in [0.05, 0.1) is 7.11 Å². The van der Waals surface area contributed by atoms with E-state index in [2.05, 4.69) is 10.8 Å². The van der Waals surface area contributed by atoms with Crippen molar-refractivity contribution in [3.8, 4) is 5.75 Å². The van der Waals surface area contributed by atoms with Crippen molar-refractivity contribution in [3.63, 3.8) is 0 Å². The number of thioether (sulfide) groups is 1. The molecule has 1 heterocycles. The van der Waals surface area contributed by atoms with Crippen LogP contribution in [0.15, 0.2) is 53.4 Å². The number of methoxy groups -OCH3 is 1. The molecule has 1 N–H and O–H groups in total. The molecule has 0 saturated heterocycles. The smallest absolute Gasteiger partial charge is 0.244 e. The molecule has 0 spiro atoms. The number of benzene rings is 2. The molecule has 156 valence electrons. The number of hydrogen-bond donors (Lipinski definition) is 1. The molecule has 0 aromatic heterocycles. The number of hydrogen-bond acceptors (Lipinski definition) is 5. The summed E-state index contributed by atoms with van der Waals surface area (Å²) in [5, 5.41) is 0. The first-order valence-corrected chi connectivity index (χ1v) is 12.3. The van der Waals surface area contributed by atoms with Crippen molar-refractivity contribution < 1.29 is 17.9 Å². The Morgan fingerprint density at radius 2 is 1.86 bits per heavy atom. The van der Waals surface area contributed by atoms with Crippen LogP contribution < -0.4 is 9.46 Å². The lowest BCUT2D eigenvalue weighted by molar-refractivity contribution is -0.134. The SMILES string of the molecule is COc1ccccc1S(=O)(=O)NC(CCSC)C(=O)N1CCc2ccccc2C1. The van der Waals surface area contributed by atoms with Crippen LogP contribution >= 0.6 is 11.8 Å². The molecule has 3 rings (SSSR count). The Bertz CT molecular complexity index is 963. The monoisotopic (exact) mass is 434 g/mol. The van der Waals surface area contributed by atoms with E-state index in [9.17, 15) is 13.2 Å². The topological polar surface area (TPSA) is 75.7 Å². The summed E-state index contributed by atoms with van der Waals surface area (Å²) < 4.78 is 33.8. The lowest BCUT2D eigenvalue weighted by Crippen LogP contribution is -2.50. The van der Waals surface area contributed by atoms with Crippen LogP contribution in [0, 0.1) is 0 Å². The Balaban J connectivity index is 1.81. The molecule has 0 fully saturated rings. The van der Waals surface area contributed by atoms with Crippen LogP contribution in [0.4, 0.5) is 0 Å². The molecule has 0 bridgehead atoms. The van der Waals surface area contributed by atoms with E-state index in [-0.39, 0.29) is 16.6 Å². The first-order valence-electron chi connectivity index (χ1n) is 9.46. The van der Waals surface area contributed by atoms with Gasteiger partial charge in [-0.05, 0) is 48.1 Å². The third-order valence-corrected chi connectivity index (χ3v) is 7.16. The minimum absolute atomic E-state index is 0.0356. The van der Waals surface area contributed by atoms with Crippen molar-refractivity contribution in [3.05, 3.63) is 59.7 Å². The summed E-state index contributed by atoms with van der Waals surface area (Å²) in [7, 11) is -2.48. The van der Waals surface area contributed by atoms with Gasteiger partial charge in [-0.15, -0.1) is 0 Å². The van der Waals surface area contributed by atoms with Crippen LogP contribution in [0.3, 0.4) is 0 Å². The van der Waals surface area contributed by atoms with Gasteiger partial charge in [-0.3, -0.25) is 4.79 Å². The number of nitrogens with one attached hydrogen (secondary N) is 1. The second kappa shape index (κ2) is 9.65. The van der Waals surface area contributed by atoms with Gasteiger partial charge in [0, 0.05) is 13.1 Å². The summed E-state index contributed by atoms with van der Waals surface area (Å²) in [6.45, 7) is 1.09. The summed E-state index contributed by atoms with van der Waals surface area (Å²) in [6, 6.07) is 13.7. The predicted molar refractivity (Wildman–Crippen MR) is 116 cm³/mol. The highest BCUT2D eigenvalue weighted by atomic mass is 32.2. The van der Waals surface area contributed by atoms with Crippen LogP contribution in [0.1, 0.15) is 17.5 Å². The standard InChI is InChI=1S/C21H26N2O4S2/c1-27-19-9-5-6-10-20(19)29(25,26)22-18(12-14-28-2)21(24)23-13-11-16-7-3-4-8-17(16)15-23/h3-10,18,22H,11-15H2,1-2H3. The number of amides is 1. The van der Waals surface area contributed by atoms with Crippen LogP contribution in [0.5, 0.6) is 5.75 Å². The van der Waals surface area contributed by atoms with E-state index < -0.39 is 16.1 Å². The number of fused-ring (bicyclic) bond motifs is 1. The molecule has 1 atom stereocenters. The van der Waals surface area contributed by atoms with Gasteiger partial charge in [0.1, 0.15) is 16.7 Å². The lowest BCUT2D eigenvalue weighted by atomic mass is 9.99. The van der Waals surface area contributed by atoms with E-state index in [1.165, 1.54) is 18.7 Å². The Morgan fingerprint density at radius 3 is 2.59 bits per heavy atom. The number of nitrogens with zero attached hydrogens (tertiary/aromatic N) is 1. The molecule has 1 unspecified atom stereocenters. The van der Waals surface area contributed by atoms with Crippen molar-refractivity contribution in [2.45, 2.75) is 30.3 Å². The number of ether oxygens (including phenoxy) is 1. The predicted octanol–water partition coefficient (Wildman–Crippen LogP) is 2.68. The fourth-order valence-electron chi connectivity index (χ4n) is 3.46. The maximum absolute atomic E-state index is 13.2. The van der Waals surface area contributed by atoms with Gasteiger partial charge < -0.3 is 9.64 Å². The Morgan fingerprint density at radius 1 is 1.17 bits per heavy atom. The van der Waals surface area contributed by atoms with Crippen LogP contribution in [-0.2, 0) is 27.8 Å². The Kier molecular flexibility index (Phi) is 7.21. The summed E-state index contributed by atoms with van der Waals surface area (Å²) in [5.74, 6) is 0.741. The highest BCUT2D eigenvalue weighted by molar-refractivity contribution is 7.98. The van der Waals surface area contributed by atoms with Crippen molar-refractivity contribution in [1.82, 2.24) is 9.62 Å². The normalized spacial score (nSPS) is 14.9. The average Bonchev–Trinajstić information content (AvgIpc) is 2.75. The minimum Gasteiger partial charge on any atom is -0.495 e. The zero-order chi connectivity index (χ0) is 20.9. The zero-order valence-corrected chi connectivity index (χ0v) is 18.3. The molecule has 1 aliphatic heterocycles. The third-order valence-electron chi connectivity index (χ3n) is 5.01. The van der Waals surface area contributed by atoms with Gasteiger partial charge in [-0.2, -0.15) is 16.5 Å². The Labute approximate surface area is 176 Å². The number of rotatable bonds is 8. The highest BCUT2D eigenvalue weighted by Gasteiger charge is 2.31. The fourth-order valence-corrected chi connectivity index (χ4v) is 5.33. The minimum atomic E-state index is -3.91. The van der Waals surface area contributed by atoms with Gasteiger partial charge in [0.25, 0.3) is 0 Å². The van der Waals surface area contributed by atoms with Crippen LogP contribution in [-0.4, -0.2) is 50.9 Å². The maximum Gasteiger partial charge on any atom is 0.244 e. The number of para-hydroxylation sites is 1. The number of sulfonamides is 1. The van der Waals surface area contributed by atoms with E-state index in [0.29, 0.717) is 25.3 Å². The number of carbonyl (C=O) groups excluding carboxylic acids is 1. The molecular weight excluding hydrogens is 408 g/mol. The fraction of sp³-hybridized carbons (Fsp3) is 0.381. The summed E-state index contributed by atoms with van der Waals surface area (Å²) in [6.07, 6.45) is 3.14. The van der Waals surface area contributed by atoms with Crippen LogP contribution in [0.2, 0.25) is 0 Å². The summed E-state index contributed by atoms with van der Waals surface area (Å²) >= 11 is 1.58. The lowest BCUT2D eigenvalue weighted by Gasteiger charge is -2.32. The molecule has 1 aliphatic rings. The molecule has 6 nitrogen and oxygen atoms in total. The van der Waals surface area contributed by atoms with Gasteiger partial charge in [0.2, 0.25) is 15.9 Å². The maximum atomic E-state index is 13.2. The van der Waals surface area contributed by atoms with Crippen molar-refractivity contribution in [2.24, 2.45) is 0 Å². The van der Waals surface area contributed by atoms with Gasteiger partial charge in [-0.25, -0.2) is 8.42 Å². The molecule has 0 aliphatic carbocycles. The van der Waals surface area contributed by atoms with E-state index in [4.69, 9.17) is 4.74 Å². The molecule has 29 heavy (non-hydrogen) atoms. The Hall–Kier alpha value is -2.03. The van der Waals surface area contributed by atoms with E-state index >= 15 is 0 Å². The molecular formula is C21H26N2O4S2. The van der Waals surface area contributed by atoms with Gasteiger partial charge >= 0.3 is 0 Å². The van der Waals surface area contributed by atoms with Crippen molar-refractivity contribution >= 4 is 27.7 Å². The average molecular weight is 435 g/mol. The van der Waals surface area contributed by atoms with Crippen molar-refractivity contribution in [2.75, 3.05) is 25.7 Å². The summed E-state index contributed by atoms with van der Waals surface area (Å²) in [5.41, 5.74) is 2.36. The second-order valence-corrected chi connectivity index (χ2v) is 9.55. The molecule has 2 aromatic rings. The molecule has 0 radical (unpaired) electrons. The van der Waals surface area contributed by atoms with Crippen LogP contribution in [0.25, 0.3) is 0 Å². The largest absolute Gasteiger partial charge is 0.495 e. The van der Waals surface area contributed by atoms with E-state index in [1.807, 2.05) is 24.5 Å². The molecule has 2 aromatic carbocycles. The van der Waals surface area contributed by atoms with E-state index in [0.717, 1.165) is 12.0 Å².